The van der Waals surface area contributed by atoms with E-state index in [1.54, 1.807) is 0 Å². The minimum Gasteiger partial charge on any atom is -0.472 e. The third-order valence-corrected chi connectivity index (χ3v) is 4.82. The van der Waals surface area contributed by atoms with Crippen LogP contribution in [0.1, 0.15) is 39.2 Å². The van der Waals surface area contributed by atoms with Crippen molar-refractivity contribution < 1.29 is 18.3 Å². The molecule has 7 heteroatoms. The van der Waals surface area contributed by atoms with Crippen LogP contribution in [-0.2, 0) is 16.0 Å². The Morgan fingerprint density at radius 1 is 1.33 bits per heavy atom. The average molecular weight is 420 g/mol. The Balaban J connectivity index is 1.89. The van der Waals surface area contributed by atoms with Crippen LogP contribution in [0.25, 0.3) is 0 Å². The molecule has 0 unspecified atom stereocenters. The van der Waals surface area contributed by atoms with Crippen LogP contribution in [0.5, 0.6) is 0 Å². The highest BCUT2D eigenvalue weighted by atomic mass is 19.1. The Kier molecular flexibility index (Phi) is 8.29. The highest BCUT2D eigenvalue weighted by Crippen LogP contribution is 2.22. The van der Waals surface area contributed by atoms with Crippen molar-refractivity contribution in [3.8, 4) is 0 Å². The normalized spacial score (nSPS) is 16.8. The summed E-state index contributed by atoms with van der Waals surface area (Å²) in [7, 11) is 0. The molecule has 0 aliphatic carbocycles. The number of likely N-dealkylation sites (tertiary alicyclic amines) is 1. The van der Waals surface area contributed by atoms with Crippen molar-refractivity contribution >= 4 is 11.7 Å². The highest BCUT2D eigenvalue weighted by Gasteiger charge is 2.27. The third kappa shape index (κ3) is 7.37. The van der Waals surface area contributed by atoms with Crippen LogP contribution in [0.2, 0.25) is 0 Å². The van der Waals surface area contributed by atoms with Crippen LogP contribution in [0, 0.1) is 17.6 Å². The van der Waals surface area contributed by atoms with Crippen molar-refractivity contribution in [1.29, 1.82) is 0 Å². The monoisotopic (exact) mass is 419 g/mol. The Labute approximate surface area is 177 Å². The molecule has 164 valence electrons. The maximum absolute atomic E-state index is 13.8. The number of ketones is 1. The van der Waals surface area contributed by atoms with E-state index in [0.29, 0.717) is 25.3 Å². The van der Waals surface area contributed by atoms with Gasteiger partial charge in [-0.2, -0.15) is 0 Å². The van der Waals surface area contributed by atoms with E-state index in [2.05, 4.69) is 16.5 Å². The molecular formula is C23H31F2N3O2. The van der Waals surface area contributed by atoms with Gasteiger partial charge in [0.05, 0.1) is 0 Å². The topological polar surface area (TPSA) is 67.9 Å². The fourth-order valence-electron chi connectivity index (χ4n) is 3.34. The van der Waals surface area contributed by atoms with Gasteiger partial charge in [-0.25, -0.2) is 13.8 Å². The van der Waals surface area contributed by atoms with Crippen molar-refractivity contribution in [2.45, 2.75) is 45.6 Å². The molecule has 2 N–H and O–H groups in total. The Bertz CT molecular complexity index is 820. The fraction of sp³-hybridized carbons (Fsp3) is 0.478. The van der Waals surface area contributed by atoms with Gasteiger partial charge in [-0.15, -0.1) is 0 Å². The van der Waals surface area contributed by atoms with Crippen LogP contribution in [0.15, 0.2) is 47.7 Å². The van der Waals surface area contributed by atoms with E-state index in [4.69, 9.17) is 10.5 Å². The second-order valence-electron chi connectivity index (χ2n) is 8.52. The Morgan fingerprint density at radius 3 is 2.57 bits per heavy atom. The first-order valence-corrected chi connectivity index (χ1v) is 10.1. The van der Waals surface area contributed by atoms with Gasteiger partial charge in [0.2, 0.25) is 5.90 Å². The van der Waals surface area contributed by atoms with Crippen LogP contribution < -0.4 is 5.73 Å². The first kappa shape index (κ1) is 23.7. The van der Waals surface area contributed by atoms with Crippen molar-refractivity contribution in [3.05, 3.63) is 59.9 Å². The van der Waals surface area contributed by atoms with Gasteiger partial charge >= 0.3 is 0 Å². The van der Waals surface area contributed by atoms with Gasteiger partial charge in [0.15, 0.2) is 0 Å². The summed E-state index contributed by atoms with van der Waals surface area (Å²) in [6.07, 6.45) is 4.16. The Hall–Kier alpha value is -2.54. The van der Waals surface area contributed by atoms with E-state index in [1.807, 2.05) is 20.8 Å². The zero-order valence-electron chi connectivity index (χ0n) is 18.0. The molecule has 0 spiro atoms. The second kappa shape index (κ2) is 10.5. The Morgan fingerprint density at radius 2 is 2.00 bits per heavy atom. The molecule has 1 fully saturated rings. The molecule has 2 rings (SSSR count). The minimum atomic E-state index is -0.672. The number of piperidine rings is 1. The largest absolute Gasteiger partial charge is 0.472 e. The number of hydrogen-bond donors (Lipinski definition) is 1. The van der Waals surface area contributed by atoms with Crippen LogP contribution in [-0.4, -0.2) is 41.8 Å². The zero-order valence-corrected chi connectivity index (χ0v) is 18.0. The number of benzene rings is 1. The molecule has 1 saturated heterocycles. The van der Waals surface area contributed by atoms with E-state index >= 15 is 0 Å². The molecular weight excluding hydrogens is 388 g/mol. The number of carbonyl (C=O) groups is 1. The molecule has 5 nitrogen and oxygen atoms in total. The standard InChI is InChI=1S/C23H31F2N3O2/c1-16(22(27-10-9-26)30-23(2,3)4)15-28-11-7-17(8-12-28)21(29)13-18-5-6-19(24)14-20(18)25/h5-6,9-10,14,17H,1,7-8,11-13,15,26H2,2-4H3/b10-9-,27-22?. The molecule has 0 amide bonds. The molecule has 30 heavy (non-hydrogen) atoms. The molecule has 0 atom stereocenters. The van der Waals surface area contributed by atoms with Crippen molar-refractivity contribution in [2.75, 3.05) is 19.6 Å². The summed E-state index contributed by atoms with van der Waals surface area (Å²) in [6.45, 7) is 11.9. The number of nitrogens with two attached hydrogens (primary N) is 1. The number of rotatable bonds is 7. The van der Waals surface area contributed by atoms with Gasteiger partial charge in [0.1, 0.15) is 23.0 Å². The first-order valence-electron chi connectivity index (χ1n) is 10.1. The van der Waals surface area contributed by atoms with Gasteiger partial charge in [0, 0.05) is 42.9 Å². The highest BCUT2D eigenvalue weighted by molar-refractivity contribution is 5.94. The third-order valence-electron chi connectivity index (χ3n) is 4.82. The number of halogens is 2. The summed E-state index contributed by atoms with van der Waals surface area (Å²) in [5.41, 5.74) is 5.94. The number of Topliss-reactive ketones (excluding diaryl/α,β-unsaturated/α-hetero) is 1. The SMILES string of the molecule is C=C(CN1CCC(C(=O)Cc2ccc(F)cc2F)CC1)C(=N/C=C\N)OC(C)(C)C. The van der Waals surface area contributed by atoms with Crippen molar-refractivity contribution in [1.82, 2.24) is 4.90 Å². The van der Waals surface area contributed by atoms with E-state index in [1.165, 1.54) is 24.5 Å². The predicted molar refractivity (Wildman–Crippen MR) is 115 cm³/mol. The van der Waals surface area contributed by atoms with E-state index in [-0.39, 0.29) is 23.7 Å². The first-order chi connectivity index (χ1) is 14.1. The minimum absolute atomic E-state index is 0.00879. The summed E-state index contributed by atoms with van der Waals surface area (Å²) in [5.74, 6) is -1.01. The maximum atomic E-state index is 13.8. The molecule has 1 heterocycles. The lowest BCUT2D eigenvalue weighted by molar-refractivity contribution is -0.123. The summed E-state index contributed by atoms with van der Waals surface area (Å²) in [4.78, 5) is 19.0. The van der Waals surface area contributed by atoms with Crippen LogP contribution in [0.4, 0.5) is 8.78 Å². The number of ether oxygens (including phenoxy) is 1. The van der Waals surface area contributed by atoms with Gasteiger partial charge < -0.3 is 10.5 Å². The molecule has 1 aliphatic rings. The predicted octanol–water partition coefficient (Wildman–Crippen LogP) is 3.99. The van der Waals surface area contributed by atoms with E-state index in [9.17, 15) is 13.6 Å². The molecule has 1 aromatic carbocycles. The summed E-state index contributed by atoms with van der Waals surface area (Å²) < 4.78 is 32.7. The molecule has 1 aromatic rings. The summed E-state index contributed by atoms with van der Waals surface area (Å²) >= 11 is 0. The lowest BCUT2D eigenvalue weighted by atomic mass is 9.89. The average Bonchev–Trinajstić information content (AvgIpc) is 2.67. The molecule has 0 saturated carbocycles. The fourth-order valence-corrected chi connectivity index (χ4v) is 3.34. The van der Waals surface area contributed by atoms with Crippen LogP contribution >= 0.6 is 0 Å². The summed E-state index contributed by atoms with van der Waals surface area (Å²) in [6, 6.07) is 3.33. The van der Waals surface area contributed by atoms with Crippen molar-refractivity contribution in [2.24, 2.45) is 16.6 Å². The molecule has 0 radical (unpaired) electrons. The lowest BCUT2D eigenvalue weighted by Crippen LogP contribution is -2.39. The van der Waals surface area contributed by atoms with Crippen molar-refractivity contribution in [3.63, 3.8) is 0 Å². The van der Waals surface area contributed by atoms with Gasteiger partial charge in [-0.1, -0.05) is 12.6 Å². The summed E-state index contributed by atoms with van der Waals surface area (Å²) in [5, 5.41) is 0. The van der Waals surface area contributed by atoms with E-state index in [0.717, 1.165) is 24.7 Å². The number of carbonyl (C=O) groups excluding carboxylic acids is 1. The van der Waals surface area contributed by atoms with Crippen LogP contribution in [0.3, 0.4) is 0 Å². The molecule has 1 aliphatic heterocycles. The number of aliphatic imine (C=N–C) groups is 1. The molecule has 0 bridgehead atoms. The zero-order chi connectivity index (χ0) is 22.3. The van der Waals surface area contributed by atoms with Gasteiger partial charge in [-0.05, 0) is 58.3 Å². The number of hydrogen-bond acceptors (Lipinski definition) is 5. The van der Waals surface area contributed by atoms with Gasteiger partial charge in [0.25, 0.3) is 0 Å². The maximum Gasteiger partial charge on any atom is 0.217 e. The second-order valence-corrected chi connectivity index (χ2v) is 8.52. The van der Waals surface area contributed by atoms with E-state index < -0.39 is 17.2 Å². The molecule has 0 aromatic heterocycles. The van der Waals surface area contributed by atoms with Gasteiger partial charge in [-0.3, -0.25) is 9.69 Å². The quantitative estimate of drug-likeness (QED) is 0.536. The smallest absolute Gasteiger partial charge is 0.217 e. The lowest BCUT2D eigenvalue weighted by Gasteiger charge is -2.32. The number of nitrogens with zero attached hydrogens (tertiary/aromatic N) is 2.